The smallest absolute Gasteiger partial charge is 0.139 e. The van der Waals surface area contributed by atoms with Gasteiger partial charge >= 0.3 is 0 Å². The summed E-state index contributed by atoms with van der Waals surface area (Å²) in [5.74, 6) is 0. The van der Waals surface area contributed by atoms with Gasteiger partial charge in [0.15, 0.2) is 0 Å². The highest BCUT2D eigenvalue weighted by atomic mass is 15.1. The van der Waals surface area contributed by atoms with Gasteiger partial charge in [-0.3, -0.25) is 0 Å². The highest BCUT2D eigenvalue weighted by Gasteiger charge is 2.20. The van der Waals surface area contributed by atoms with Gasteiger partial charge in [-0.15, -0.1) is 0 Å². The van der Waals surface area contributed by atoms with E-state index in [0.29, 0.717) is 0 Å². The lowest BCUT2D eigenvalue weighted by atomic mass is 9.94. The molecule has 0 bridgehead atoms. The van der Waals surface area contributed by atoms with E-state index in [1.807, 2.05) is 0 Å². The third-order valence-electron chi connectivity index (χ3n) is 7.27. The van der Waals surface area contributed by atoms with Gasteiger partial charge in [0.2, 0.25) is 0 Å². The molecule has 0 unspecified atom stereocenters. The predicted octanol–water partition coefficient (Wildman–Crippen LogP) is 8.03. The van der Waals surface area contributed by atoms with E-state index >= 15 is 0 Å². The van der Waals surface area contributed by atoms with Crippen LogP contribution in [0.2, 0.25) is 0 Å². The zero-order valence-corrected chi connectivity index (χ0v) is 20.1. The molecule has 0 saturated heterocycles. The summed E-state index contributed by atoms with van der Waals surface area (Å²) in [6, 6.07) is 48.5. The van der Waals surface area contributed by atoms with Crippen molar-refractivity contribution in [1.82, 2.24) is 0 Å². The van der Waals surface area contributed by atoms with Crippen molar-refractivity contribution in [1.29, 1.82) is 0 Å². The van der Waals surface area contributed by atoms with Crippen molar-refractivity contribution in [3.05, 3.63) is 133 Å². The first-order chi connectivity index (χ1) is 17.8. The topological polar surface area (TPSA) is 3.24 Å². The number of hydrogen-bond donors (Lipinski definition) is 0. The van der Waals surface area contributed by atoms with Crippen molar-refractivity contribution >= 4 is 73.5 Å². The lowest BCUT2D eigenvalue weighted by Gasteiger charge is -2.29. The Balaban J connectivity index is 1.64. The first-order valence-electron chi connectivity index (χ1n) is 12.5. The van der Waals surface area contributed by atoms with E-state index in [0.717, 1.165) is 5.69 Å². The number of anilines is 3. The van der Waals surface area contributed by atoms with Crippen LogP contribution in [-0.2, 0) is 0 Å². The van der Waals surface area contributed by atoms with Crippen LogP contribution in [0, 0.1) is 0 Å². The van der Waals surface area contributed by atoms with Gasteiger partial charge in [0.1, 0.15) is 7.85 Å². The van der Waals surface area contributed by atoms with Crippen molar-refractivity contribution in [3.63, 3.8) is 0 Å². The van der Waals surface area contributed by atoms with E-state index in [1.165, 1.54) is 59.9 Å². The molecule has 0 aromatic heterocycles. The van der Waals surface area contributed by atoms with Gasteiger partial charge < -0.3 is 4.90 Å². The van der Waals surface area contributed by atoms with E-state index in [2.05, 4.69) is 146 Å². The fourth-order valence-electron chi connectivity index (χ4n) is 5.54. The molecule has 0 fully saturated rings. The lowest BCUT2D eigenvalue weighted by molar-refractivity contribution is 1.32. The molecule has 2 heteroatoms. The van der Waals surface area contributed by atoms with Crippen LogP contribution >= 0.6 is 0 Å². The Kier molecular flexibility index (Phi) is 4.78. The molecule has 7 rings (SSSR count). The van der Waals surface area contributed by atoms with Crippen molar-refractivity contribution in [2.45, 2.75) is 0 Å². The molecule has 36 heavy (non-hydrogen) atoms. The Morgan fingerprint density at radius 3 is 1.25 bits per heavy atom. The van der Waals surface area contributed by atoms with Crippen LogP contribution in [0.4, 0.5) is 17.1 Å². The average Bonchev–Trinajstić information content (AvgIpc) is 2.94. The maximum atomic E-state index is 2.45. The van der Waals surface area contributed by atoms with Gasteiger partial charge in [-0.05, 0) is 56.6 Å². The highest BCUT2D eigenvalue weighted by Crippen LogP contribution is 2.45. The molecule has 0 aliphatic heterocycles. The monoisotopic (exact) mass is 457 g/mol. The number of benzene rings is 7. The molecule has 1 nitrogen and oxygen atoms in total. The molecule has 0 heterocycles. The SMILES string of the molecule is Bc1ccc(N(c2cc3ccccc3c3ccccc23)c2cc3ccccc3c3ccccc23)cc1. The van der Waals surface area contributed by atoms with Crippen LogP contribution in [0.1, 0.15) is 0 Å². The minimum Gasteiger partial charge on any atom is -0.309 e. The van der Waals surface area contributed by atoms with E-state index in [9.17, 15) is 0 Å². The molecule has 0 amide bonds. The number of hydrogen-bond acceptors (Lipinski definition) is 1. The Morgan fingerprint density at radius 1 is 0.389 bits per heavy atom. The van der Waals surface area contributed by atoms with Gasteiger partial charge in [-0.1, -0.05) is 115 Å². The average molecular weight is 457 g/mol. The fraction of sp³-hybridized carbons (Fsp3) is 0. The quantitative estimate of drug-likeness (QED) is 0.192. The van der Waals surface area contributed by atoms with Gasteiger partial charge in [0.25, 0.3) is 0 Å². The number of nitrogens with zero attached hydrogens (tertiary/aromatic N) is 1. The van der Waals surface area contributed by atoms with Crippen LogP contribution in [0.5, 0.6) is 0 Å². The molecule has 7 aromatic rings. The second-order valence-electron chi connectivity index (χ2n) is 9.50. The second-order valence-corrected chi connectivity index (χ2v) is 9.50. The molecule has 0 aliphatic carbocycles. The molecule has 0 N–H and O–H groups in total. The lowest BCUT2D eigenvalue weighted by Crippen LogP contribution is -2.13. The highest BCUT2D eigenvalue weighted by molar-refractivity contribution is 6.32. The largest absolute Gasteiger partial charge is 0.309 e. The normalized spacial score (nSPS) is 11.4. The molecule has 0 atom stereocenters. The molecule has 0 aliphatic rings. The van der Waals surface area contributed by atoms with Crippen molar-refractivity contribution in [2.24, 2.45) is 0 Å². The zero-order chi connectivity index (χ0) is 24.1. The maximum Gasteiger partial charge on any atom is 0.139 e. The summed E-state index contributed by atoms with van der Waals surface area (Å²) >= 11 is 0. The van der Waals surface area contributed by atoms with Gasteiger partial charge in [-0.25, -0.2) is 0 Å². The standard InChI is InChI=1S/C34H24BN/c35-25-17-19-26(20-18-25)36(33-21-23-9-1-3-11-27(23)29-13-5-7-15-31(29)33)34-22-24-10-2-4-12-28(24)30-14-6-8-16-32(30)34/h1-22H,35H2. The number of fused-ring (bicyclic) bond motifs is 6. The van der Waals surface area contributed by atoms with Crippen LogP contribution in [-0.4, -0.2) is 7.85 Å². The summed E-state index contributed by atoms with van der Waals surface area (Å²) in [7, 11) is 2.14. The minimum absolute atomic E-state index is 1.15. The second kappa shape index (κ2) is 8.28. The molecule has 168 valence electrons. The first kappa shape index (κ1) is 20.8. The van der Waals surface area contributed by atoms with Gasteiger partial charge in [-0.2, -0.15) is 0 Å². The van der Waals surface area contributed by atoms with Crippen molar-refractivity contribution in [2.75, 3.05) is 4.90 Å². The summed E-state index contributed by atoms with van der Waals surface area (Å²) in [6.07, 6.45) is 0. The van der Waals surface area contributed by atoms with Crippen LogP contribution < -0.4 is 10.4 Å². The third-order valence-corrected chi connectivity index (χ3v) is 7.27. The summed E-state index contributed by atoms with van der Waals surface area (Å²) in [5.41, 5.74) is 4.79. The molecule has 0 radical (unpaired) electrons. The Hall–Kier alpha value is -4.56. The molecule has 7 aromatic carbocycles. The van der Waals surface area contributed by atoms with Crippen LogP contribution in [0.3, 0.4) is 0 Å². The summed E-state index contributed by atoms with van der Waals surface area (Å²) < 4.78 is 0. The summed E-state index contributed by atoms with van der Waals surface area (Å²) in [4.78, 5) is 2.45. The van der Waals surface area contributed by atoms with E-state index in [-0.39, 0.29) is 0 Å². The molecular formula is C34H24BN. The number of rotatable bonds is 3. The third kappa shape index (κ3) is 3.26. The first-order valence-corrected chi connectivity index (χ1v) is 12.5. The van der Waals surface area contributed by atoms with Crippen LogP contribution in [0.15, 0.2) is 133 Å². The van der Waals surface area contributed by atoms with Gasteiger partial charge in [0, 0.05) is 16.5 Å². The minimum atomic E-state index is 1.15. The Morgan fingerprint density at radius 2 is 0.778 bits per heavy atom. The summed E-state index contributed by atoms with van der Waals surface area (Å²) in [6.45, 7) is 0. The molecule has 0 saturated carbocycles. The predicted molar refractivity (Wildman–Crippen MR) is 159 cm³/mol. The Labute approximate surface area is 211 Å². The van der Waals surface area contributed by atoms with Crippen LogP contribution in [0.25, 0.3) is 43.1 Å². The van der Waals surface area contributed by atoms with E-state index in [1.54, 1.807) is 0 Å². The van der Waals surface area contributed by atoms with E-state index in [4.69, 9.17) is 0 Å². The zero-order valence-electron chi connectivity index (χ0n) is 20.1. The van der Waals surface area contributed by atoms with E-state index < -0.39 is 0 Å². The summed E-state index contributed by atoms with van der Waals surface area (Å²) in [5, 5.41) is 10.1. The fourth-order valence-corrected chi connectivity index (χ4v) is 5.54. The molecular weight excluding hydrogens is 433 g/mol. The molecule has 0 spiro atoms. The van der Waals surface area contributed by atoms with Crippen molar-refractivity contribution in [3.8, 4) is 0 Å². The van der Waals surface area contributed by atoms with Crippen molar-refractivity contribution < 1.29 is 0 Å². The maximum absolute atomic E-state index is 2.45. The Bertz CT molecular complexity index is 1780. The van der Waals surface area contributed by atoms with Gasteiger partial charge in [0.05, 0.1) is 11.4 Å².